The van der Waals surface area contributed by atoms with Gasteiger partial charge in [-0.15, -0.1) is 23.7 Å². The van der Waals surface area contributed by atoms with Crippen LogP contribution in [0.3, 0.4) is 0 Å². The molecule has 0 spiro atoms. The zero-order valence-electron chi connectivity index (χ0n) is 16.8. The molecule has 1 aliphatic rings. The van der Waals surface area contributed by atoms with E-state index in [4.69, 9.17) is 4.74 Å². The molecule has 1 aromatic carbocycles. The van der Waals surface area contributed by atoms with E-state index in [0.717, 1.165) is 30.0 Å². The third-order valence-corrected chi connectivity index (χ3v) is 5.98. The number of nitrogens with one attached hydrogen (secondary N) is 1. The summed E-state index contributed by atoms with van der Waals surface area (Å²) in [4.78, 5) is 16.2. The van der Waals surface area contributed by atoms with E-state index in [0.29, 0.717) is 6.54 Å². The van der Waals surface area contributed by atoms with Crippen LogP contribution in [0, 0.1) is 13.8 Å². The van der Waals surface area contributed by atoms with Gasteiger partial charge in [-0.05, 0) is 74.5 Å². The van der Waals surface area contributed by atoms with Crippen molar-refractivity contribution in [2.45, 2.75) is 45.6 Å². The molecule has 2 heterocycles. The highest BCUT2D eigenvalue weighted by Crippen LogP contribution is 2.27. The Kier molecular flexibility index (Phi) is 9.29. The Labute approximate surface area is 178 Å². The van der Waals surface area contributed by atoms with Crippen LogP contribution in [0.4, 0.5) is 0 Å². The molecule has 1 atom stereocenters. The average molecular weight is 423 g/mol. The van der Waals surface area contributed by atoms with Crippen LogP contribution in [0.1, 0.15) is 47.7 Å². The van der Waals surface area contributed by atoms with Gasteiger partial charge in [-0.1, -0.05) is 25.0 Å². The van der Waals surface area contributed by atoms with Gasteiger partial charge in [-0.2, -0.15) is 0 Å². The molecule has 4 nitrogen and oxygen atoms in total. The number of aryl methyl sites for hydroxylation is 2. The zero-order valence-corrected chi connectivity index (χ0v) is 18.4. The summed E-state index contributed by atoms with van der Waals surface area (Å²) in [7, 11) is 0. The maximum atomic E-state index is 12.4. The fraction of sp³-hybridized carbons (Fsp3) is 0.500. The van der Waals surface area contributed by atoms with Crippen molar-refractivity contribution in [3.63, 3.8) is 0 Å². The number of carbonyl (C=O) groups excluding carboxylic acids is 1. The monoisotopic (exact) mass is 422 g/mol. The predicted molar refractivity (Wildman–Crippen MR) is 119 cm³/mol. The van der Waals surface area contributed by atoms with E-state index in [1.165, 1.54) is 30.6 Å². The molecule has 0 saturated carbocycles. The third kappa shape index (κ3) is 6.80. The normalized spacial score (nSPS) is 15.9. The van der Waals surface area contributed by atoms with Crippen LogP contribution in [-0.2, 0) is 4.79 Å². The second kappa shape index (κ2) is 11.4. The summed E-state index contributed by atoms with van der Waals surface area (Å²) in [5, 5.41) is 5.21. The molecule has 1 amide bonds. The largest absolute Gasteiger partial charge is 0.484 e. The number of nitrogens with zero attached hydrogens (tertiary/aromatic N) is 1. The molecule has 1 saturated heterocycles. The standard InChI is InChI=1S/C22H30N2O2S.ClH/c1-17-12-18(2)14-19(13-17)26-16-22(25)23-15-20(21-8-7-11-27-21)24-9-5-3-4-6-10-24;/h7-8,11-14,20H,3-6,9-10,15-16H2,1-2H3,(H,23,25);1H. The molecule has 1 fully saturated rings. The highest BCUT2D eigenvalue weighted by molar-refractivity contribution is 7.10. The molecular weight excluding hydrogens is 392 g/mol. The number of likely N-dealkylation sites (tertiary alicyclic amines) is 1. The van der Waals surface area contributed by atoms with Crippen LogP contribution in [0.5, 0.6) is 5.75 Å². The summed E-state index contributed by atoms with van der Waals surface area (Å²) in [5.41, 5.74) is 2.29. The van der Waals surface area contributed by atoms with E-state index in [-0.39, 0.29) is 31.0 Å². The Morgan fingerprint density at radius 1 is 1.14 bits per heavy atom. The van der Waals surface area contributed by atoms with E-state index >= 15 is 0 Å². The minimum atomic E-state index is -0.0643. The molecule has 1 unspecified atom stereocenters. The van der Waals surface area contributed by atoms with Crippen molar-refractivity contribution in [2.75, 3.05) is 26.2 Å². The summed E-state index contributed by atoms with van der Waals surface area (Å²) >= 11 is 1.77. The lowest BCUT2D eigenvalue weighted by molar-refractivity contribution is -0.123. The maximum absolute atomic E-state index is 12.4. The van der Waals surface area contributed by atoms with Gasteiger partial charge in [0.15, 0.2) is 6.61 Å². The number of thiophene rings is 1. The summed E-state index contributed by atoms with van der Waals surface area (Å²) in [6, 6.07) is 10.6. The summed E-state index contributed by atoms with van der Waals surface area (Å²) in [5.74, 6) is 0.690. The van der Waals surface area contributed by atoms with E-state index in [9.17, 15) is 4.79 Å². The second-order valence-electron chi connectivity index (χ2n) is 7.40. The minimum Gasteiger partial charge on any atom is -0.484 e. The number of ether oxygens (including phenoxy) is 1. The van der Waals surface area contributed by atoms with Crippen molar-refractivity contribution in [1.29, 1.82) is 0 Å². The van der Waals surface area contributed by atoms with Gasteiger partial charge >= 0.3 is 0 Å². The fourth-order valence-electron chi connectivity index (χ4n) is 3.72. The lowest BCUT2D eigenvalue weighted by Gasteiger charge is -2.30. The van der Waals surface area contributed by atoms with Crippen LogP contribution < -0.4 is 10.1 Å². The van der Waals surface area contributed by atoms with Gasteiger partial charge in [-0.3, -0.25) is 9.69 Å². The highest BCUT2D eigenvalue weighted by atomic mass is 35.5. The van der Waals surface area contributed by atoms with Crippen LogP contribution in [-0.4, -0.2) is 37.0 Å². The van der Waals surface area contributed by atoms with Gasteiger partial charge in [0.1, 0.15) is 5.75 Å². The molecule has 0 bridgehead atoms. The molecule has 1 aromatic heterocycles. The van der Waals surface area contributed by atoms with Gasteiger partial charge < -0.3 is 10.1 Å². The topological polar surface area (TPSA) is 41.6 Å². The van der Waals surface area contributed by atoms with Crippen molar-refractivity contribution < 1.29 is 9.53 Å². The van der Waals surface area contributed by atoms with Gasteiger partial charge in [0.05, 0.1) is 6.04 Å². The lowest BCUT2D eigenvalue weighted by Crippen LogP contribution is -2.39. The maximum Gasteiger partial charge on any atom is 0.258 e. The first-order valence-electron chi connectivity index (χ1n) is 9.87. The third-order valence-electron chi connectivity index (χ3n) is 5.01. The number of rotatable bonds is 7. The van der Waals surface area contributed by atoms with E-state index in [1.54, 1.807) is 11.3 Å². The van der Waals surface area contributed by atoms with Crippen molar-refractivity contribution in [3.05, 3.63) is 51.7 Å². The molecule has 154 valence electrons. The summed E-state index contributed by atoms with van der Waals surface area (Å²) in [6.07, 6.45) is 5.10. The lowest BCUT2D eigenvalue weighted by atomic mass is 10.1. The number of hydrogen-bond donors (Lipinski definition) is 1. The smallest absolute Gasteiger partial charge is 0.258 e. The van der Waals surface area contributed by atoms with Crippen LogP contribution in [0.15, 0.2) is 35.7 Å². The van der Waals surface area contributed by atoms with E-state index in [2.05, 4.69) is 33.8 Å². The average Bonchev–Trinajstić information content (AvgIpc) is 3.02. The number of hydrogen-bond acceptors (Lipinski definition) is 4. The first-order valence-corrected chi connectivity index (χ1v) is 10.7. The Balaban J connectivity index is 0.00000280. The van der Waals surface area contributed by atoms with Gasteiger partial charge in [0.25, 0.3) is 5.91 Å². The molecule has 0 radical (unpaired) electrons. The molecule has 2 aromatic rings. The number of carbonyl (C=O) groups is 1. The van der Waals surface area contributed by atoms with Gasteiger partial charge in [0.2, 0.25) is 0 Å². The van der Waals surface area contributed by atoms with E-state index in [1.807, 2.05) is 26.0 Å². The molecule has 1 N–H and O–H groups in total. The number of amides is 1. The van der Waals surface area contributed by atoms with Gasteiger partial charge in [0, 0.05) is 11.4 Å². The van der Waals surface area contributed by atoms with Gasteiger partial charge in [-0.25, -0.2) is 0 Å². The van der Waals surface area contributed by atoms with Crippen molar-refractivity contribution in [1.82, 2.24) is 10.2 Å². The molecule has 3 rings (SSSR count). The molecule has 6 heteroatoms. The Morgan fingerprint density at radius 2 is 1.82 bits per heavy atom. The number of halogens is 1. The van der Waals surface area contributed by atoms with E-state index < -0.39 is 0 Å². The predicted octanol–water partition coefficient (Wildman–Crippen LogP) is 4.90. The Bertz CT molecular complexity index is 708. The quantitative estimate of drug-likeness (QED) is 0.690. The Hall–Kier alpha value is -1.56. The highest BCUT2D eigenvalue weighted by Gasteiger charge is 2.23. The fourth-order valence-corrected chi connectivity index (χ4v) is 4.58. The molecule has 0 aliphatic carbocycles. The van der Waals surface area contributed by atoms with Crippen LogP contribution in [0.2, 0.25) is 0 Å². The SMILES string of the molecule is Cc1cc(C)cc(OCC(=O)NCC(c2cccs2)N2CCCCCC2)c1.Cl. The number of benzene rings is 1. The molecule has 1 aliphatic heterocycles. The van der Waals surface area contributed by atoms with Crippen LogP contribution >= 0.6 is 23.7 Å². The van der Waals surface area contributed by atoms with Crippen molar-refractivity contribution in [3.8, 4) is 5.75 Å². The molecular formula is C22H31ClN2O2S. The molecule has 28 heavy (non-hydrogen) atoms. The first kappa shape index (κ1) is 22.7. The van der Waals surface area contributed by atoms with Crippen molar-refractivity contribution >= 4 is 29.7 Å². The zero-order chi connectivity index (χ0) is 19.1. The van der Waals surface area contributed by atoms with Crippen LogP contribution in [0.25, 0.3) is 0 Å². The second-order valence-corrected chi connectivity index (χ2v) is 8.38. The minimum absolute atomic E-state index is 0. The first-order chi connectivity index (χ1) is 13.1. The van der Waals surface area contributed by atoms with Crippen molar-refractivity contribution in [2.24, 2.45) is 0 Å². The summed E-state index contributed by atoms with van der Waals surface area (Å²) in [6.45, 7) is 6.98. The Morgan fingerprint density at radius 3 is 2.43 bits per heavy atom. The summed E-state index contributed by atoms with van der Waals surface area (Å²) < 4.78 is 5.69.